The molecule has 2 rings (SSSR count). The summed E-state index contributed by atoms with van der Waals surface area (Å²) in [4.78, 5) is 37.0. The Balaban J connectivity index is 2.06. The van der Waals surface area contributed by atoms with Gasteiger partial charge in [-0.1, -0.05) is 66.7 Å². The second-order valence-corrected chi connectivity index (χ2v) is 6.56. The molecule has 0 saturated heterocycles. The molecule has 2 amide bonds. The number of methoxy groups -OCH3 is 1. The zero-order valence-corrected chi connectivity index (χ0v) is 16.9. The van der Waals surface area contributed by atoms with E-state index in [9.17, 15) is 14.4 Å². The van der Waals surface area contributed by atoms with E-state index in [1.807, 2.05) is 60.7 Å². The molecule has 7 nitrogen and oxygen atoms in total. The Kier molecular flexibility index (Phi) is 9.12. The first kappa shape index (κ1) is 22.7. The summed E-state index contributed by atoms with van der Waals surface area (Å²) in [6.07, 6.45) is 1.22. The van der Waals surface area contributed by atoms with Gasteiger partial charge in [0.2, 0.25) is 5.91 Å². The van der Waals surface area contributed by atoms with Gasteiger partial charge in [-0.15, -0.1) is 6.58 Å². The number of hydrogen-bond acceptors (Lipinski definition) is 5. The molecular weight excluding hydrogens is 384 g/mol. The predicted octanol–water partition coefficient (Wildman–Crippen LogP) is 2.76. The van der Waals surface area contributed by atoms with E-state index >= 15 is 0 Å². The Morgan fingerprint density at radius 2 is 1.53 bits per heavy atom. The average molecular weight is 410 g/mol. The second-order valence-electron chi connectivity index (χ2n) is 6.56. The van der Waals surface area contributed by atoms with Crippen molar-refractivity contribution in [2.75, 3.05) is 7.11 Å². The summed E-state index contributed by atoms with van der Waals surface area (Å²) < 4.78 is 9.95. The van der Waals surface area contributed by atoms with E-state index in [0.29, 0.717) is 0 Å². The third-order valence-electron chi connectivity index (χ3n) is 4.31. The van der Waals surface area contributed by atoms with E-state index in [2.05, 4.69) is 17.2 Å². The van der Waals surface area contributed by atoms with Gasteiger partial charge in [0.05, 0.1) is 7.11 Å². The molecule has 2 aromatic rings. The van der Waals surface area contributed by atoms with Crippen LogP contribution >= 0.6 is 0 Å². The van der Waals surface area contributed by atoms with Crippen molar-refractivity contribution in [3.05, 3.63) is 84.4 Å². The molecule has 0 spiro atoms. The summed E-state index contributed by atoms with van der Waals surface area (Å²) >= 11 is 0. The van der Waals surface area contributed by atoms with Gasteiger partial charge in [0.1, 0.15) is 18.7 Å². The van der Waals surface area contributed by atoms with Gasteiger partial charge in [0.15, 0.2) is 0 Å². The number of amides is 2. The van der Waals surface area contributed by atoms with Crippen LogP contribution in [0, 0.1) is 0 Å². The van der Waals surface area contributed by atoms with Crippen molar-refractivity contribution in [1.82, 2.24) is 10.6 Å². The fourth-order valence-corrected chi connectivity index (χ4v) is 2.76. The molecule has 0 aliphatic rings. The number of ether oxygens (including phenoxy) is 2. The van der Waals surface area contributed by atoms with Crippen LogP contribution in [-0.4, -0.2) is 37.2 Å². The van der Waals surface area contributed by atoms with E-state index in [4.69, 9.17) is 9.47 Å². The molecule has 7 heteroatoms. The first-order chi connectivity index (χ1) is 14.5. The van der Waals surface area contributed by atoms with Gasteiger partial charge < -0.3 is 20.1 Å². The minimum atomic E-state index is -0.937. The molecule has 0 aromatic heterocycles. The second kappa shape index (κ2) is 12.1. The highest BCUT2D eigenvalue weighted by molar-refractivity contribution is 5.90. The van der Waals surface area contributed by atoms with Crippen LogP contribution in [0.4, 0.5) is 4.79 Å². The van der Waals surface area contributed by atoms with Crippen molar-refractivity contribution in [2.45, 2.75) is 31.5 Å². The molecule has 158 valence electrons. The Hall–Kier alpha value is -3.61. The molecule has 30 heavy (non-hydrogen) atoms. The SMILES string of the molecule is C=CC[C@@H](NC(=O)[C@@H](Cc1ccccc1)NC(=O)OCc1ccccc1)C(=O)OC. The minimum absolute atomic E-state index is 0.0770. The lowest BCUT2D eigenvalue weighted by atomic mass is 10.0. The number of esters is 1. The van der Waals surface area contributed by atoms with Crippen LogP contribution in [-0.2, 0) is 32.1 Å². The summed E-state index contributed by atoms with van der Waals surface area (Å²) in [5.74, 6) is -1.11. The van der Waals surface area contributed by atoms with Crippen LogP contribution in [0.25, 0.3) is 0 Å². The molecule has 0 aliphatic heterocycles. The number of benzene rings is 2. The monoisotopic (exact) mass is 410 g/mol. The molecule has 2 aromatic carbocycles. The number of hydrogen-bond donors (Lipinski definition) is 2. The van der Waals surface area contributed by atoms with E-state index < -0.39 is 30.1 Å². The topological polar surface area (TPSA) is 93.7 Å². The smallest absolute Gasteiger partial charge is 0.408 e. The van der Waals surface area contributed by atoms with Gasteiger partial charge in [0, 0.05) is 6.42 Å². The fourth-order valence-electron chi connectivity index (χ4n) is 2.76. The number of carbonyl (C=O) groups is 3. The highest BCUT2D eigenvalue weighted by Gasteiger charge is 2.27. The maximum atomic E-state index is 12.8. The van der Waals surface area contributed by atoms with Gasteiger partial charge in [-0.05, 0) is 17.5 Å². The average Bonchev–Trinajstić information content (AvgIpc) is 2.77. The van der Waals surface area contributed by atoms with Crippen molar-refractivity contribution in [3.63, 3.8) is 0 Å². The van der Waals surface area contributed by atoms with Crippen molar-refractivity contribution < 1.29 is 23.9 Å². The largest absolute Gasteiger partial charge is 0.467 e. The maximum Gasteiger partial charge on any atom is 0.408 e. The predicted molar refractivity (Wildman–Crippen MR) is 112 cm³/mol. The lowest BCUT2D eigenvalue weighted by Crippen LogP contribution is -2.52. The third kappa shape index (κ3) is 7.43. The Morgan fingerprint density at radius 3 is 2.10 bits per heavy atom. The van der Waals surface area contributed by atoms with Crippen LogP contribution in [0.2, 0.25) is 0 Å². The molecule has 0 aliphatic carbocycles. The molecule has 0 unspecified atom stereocenters. The first-order valence-electron chi connectivity index (χ1n) is 9.53. The molecule has 0 radical (unpaired) electrons. The Bertz CT molecular complexity index is 839. The van der Waals surface area contributed by atoms with Crippen molar-refractivity contribution in [3.8, 4) is 0 Å². The van der Waals surface area contributed by atoms with Crippen LogP contribution in [0.5, 0.6) is 0 Å². The molecule has 2 atom stereocenters. The molecule has 0 bridgehead atoms. The number of carbonyl (C=O) groups excluding carboxylic acids is 3. The van der Waals surface area contributed by atoms with Gasteiger partial charge in [0.25, 0.3) is 0 Å². The van der Waals surface area contributed by atoms with Crippen LogP contribution < -0.4 is 10.6 Å². The van der Waals surface area contributed by atoms with Gasteiger partial charge >= 0.3 is 12.1 Å². The Labute approximate surface area is 176 Å². The minimum Gasteiger partial charge on any atom is -0.467 e. The molecular formula is C23H26N2O5. The van der Waals surface area contributed by atoms with E-state index in [1.54, 1.807) is 0 Å². The van der Waals surface area contributed by atoms with Crippen LogP contribution in [0.1, 0.15) is 17.5 Å². The fraction of sp³-hybridized carbons (Fsp3) is 0.261. The van der Waals surface area contributed by atoms with Gasteiger partial charge in [-0.25, -0.2) is 9.59 Å². The summed E-state index contributed by atoms with van der Waals surface area (Å²) in [5, 5.41) is 5.20. The summed E-state index contributed by atoms with van der Waals surface area (Å²) in [6.45, 7) is 3.67. The Morgan fingerprint density at radius 1 is 0.933 bits per heavy atom. The first-order valence-corrected chi connectivity index (χ1v) is 9.53. The van der Waals surface area contributed by atoms with Crippen LogP contribution in [0.3, 0.4) is 0 Å². The maximum absolute atomic E-state index is 12.8. The summed E-state index contributed by atoms with van der Waals surface area (Å²) in [5.41, 5.74) is 1.67. The molecule has 2 N–H and O–H groups in total. The van der Waals surface area contributed by atoms with E-state index in [0.717, 1.165) is 11.1 Å². The molecule has 0 fully saturated rings. The number of nitrogens with one attached hydrogen (secondary N) is 2. The van der Waals surface area contributed by atoms with Gasteiger partial charge in [-0.2, -0.15) is 0 Å². The zero-order chi connectivity index (χ0) is 21.8. The van der Waals surface area contributed by atoms with Crippen LogP contribution in [0.15, 0.2) is 73.3 Å². The number of rotatable bonds is 10. The molecule has 0 saturated carbocycles. The van der Waals surface area contributed by atoms with E-state index in [1.165, 1.54) is 13.2 Å². The lowest BCUT2D eigenvalue weighted by molar-refractivity contribution is -0.145. The highest BCUT2D eigenvalue weighted by Crippen LogP contribution is 2.07. The van der Waals surface area contributed by atoms with Crippen molar-refractivity contribution in [1.29, 1.82) is 0 Å². The third-order valence-corrected chi connectivity index (χ3v) is 4.31. The van der Waals surface area contributed by atoms with Gasteiger partial charge in [-0.3, -0.25) is 4.79 Å². The van der Waals surface area contributed by atoms with Crippen molar-refractivity contribution >= 4 is 18.0 Å². The lowest BCUT2D eigenvalue weighted by Gasteiger charge is -2.21. The number of alkyl carbamates (subject to hydrolysis) is 1. The summed E-state index contributed by atoms with van der Waals surface area (Å²) in [7, 11) is 1.24. The van der Waals surface area contributed by atoms with Crippen molar-refractivity contribution in [2.24, 2.45) is 0 Å². The standard InChI is InChI=1S/C23H26N2O5/c1-3-10-19(22(27)29-2)24-21(26)20(15-17-11-6-4-7-12-17)25-23(28)30-16-18-13-8-5-9-14-18/h3-9,11-14,19-20H,1,10,15-16H2,2H3,(H,24,26)(H,25,28)/t19-,20-/m1/s1. The zero-order valence-electron chi connectivity index (χ0n) is 16.9. The normalized spacial score (nSPS) is 12.2. The van der Waals surface area contributed by atoms with E-state index in [-0.39, 0.29) is 19.4 Å². The quantitative estimate of drug-likeness (QED) is 0.464. The molecule has 0 heterocycles. The highest BCUT2D eigenvalue weighted by atomic mass is 16.5. The summed E-state index contributed by atoms with van der Waals surface area (Å²) in [6, 6.07) is 16.6.